The summed E-state index contributed by atoms with van der Waals surface area (Å²) in [7, 11) is 1.57. The molecular weight excluding hydrogens is 226 g/mol. The van der Waals surface area contributed by atoms with E-state index in [0.29, 0.717) is 18.3 Å². The molecule has 0 saturated heterocycles. The number of methoxy groups -OCH3 is 1. The predicted molar refractivity (Wildman–Crippen MR) is 75.0 cm³/mol. The Morgan fingerprint density at radius 3 is 2.56 bits per heavy atom. The second-order valence-electron chi connectivity index (χ2n) is 5.22. The number of nitrogens with one attached hydrogen (secondary N) is 1. The fourth-order valence-electron chi connectivity index (χ4n) is 1.84. The normalized spacial score (nSPS) is 12.7. The van der Waals surface area contributed by atoms with Crippen LogP contribution in [0.2, 0.25) is 0 Å². The maximum Gasteiger partial charge on any atom is 0.162 e. The van der Waals surface area contributed by atoms with Crippen molar-refractivity contribution in [2.75, 3.05) is 7.11 Å². The van der Waals surface area contributed by atoms with Crippen LogP contribution in [0.1, 0.15) is 39.2 Å². The summed E-state index contributed by atoms with van der Waals surface area (Å²) >= 11 is 0. The Hall–Kier alpha value is -1.22. The first-order valence-corrected chi connectivity index (χ1v) is 6.62. The van der Waals surface area contributed by atoms with Crippen molar-refractivity contribution >= 4 is 0 Å². The van der Waals surface area contributed by atoms with Crippen LogP contribution >= 0.6 is 0 Å². The van der Waals surface area contributed by atoms with E-state index in [2.05, 4.69) is 26.1 Å². The van der Waals surface area contributed by atoms with Crippen LogP contribution in [-0.2, 0) is 6.54 Å². The number of para-hydroxylation sites is 1. The minimum absolute atomic E-state index is 0.239. The SMILES string of the molecule is COc1cccc(CNC(C)CCC(C)C)c1O. The molecule has 0 saturated carbocycles. The van der Waals surface area contributed by atoms with Crippen molar-refractivity contribution in [3.8, 4) is 11.5 Å². The van der Waals surface area contributed by atoms with Crippen molar-refractivity contribution in [1.82, 2.24) is 5.32 Å². The summed E-state index contributed by atoms with van der Waals surface area (Å²) in [5.74, 6) is 1.51. The number of hydrogen-bond donors (Lipinski definition) is 2. The van der Waals surface area contributed by atoms with Crippen molar-refractivity contribution < 1.29 is 9.84 Å². The van der Waals surface area contributed by atoms with Crippen LogP contribution < -0.4 is 10.1 Å². The van der Waals surface area contributed by atoms with Crippen LogP contribution in [0.5, 0.6) is 11.5 Å². The van der Waals surface area contributed by atoms with Crippen LogP contribution in [0.3, 0.4) is 0 Å². The van der Waals surface area contributed by atoms with Gasteiger partial charge in [0.25, 0.3) is 0 Å². The summed E-state index contributed by atoms with van der Waals surface area (Å²) in [5, 5.41) is 13.4. The molecular formula is C15H25NO2. The molecule has 0 spiro atoms. The van der Waals surface area contributed by atoms with E-state index in [9.17, 15) is 5.11 Å². The second-order valence-corrected chi connectivity index (χ2v) is 5.22. The van der Waals surface area contributed by atoms with E-state index >= 15 is 0 Å². The molecule has 0 heterocycles. The maximum atomic E-state index is 9.95. The Balaban J connectivity index is 2.48. The van der Waals surface area contributed by atoms with E-state index in [1.807, 2.05) is 12.1 Å². The first-order chi connectivity index (χ1) is 8.54. The van der Waals surface area contributed by atoms with Crippen molar-refractivity contribution in [2.24, 2.45) is 5.92 Å². The third kappa shape index (κ3) is 4.57. The summed E-state index contributed by atoms with van der Waals surface area (Å²) in [6, 6.07) is 6.04. The third-order valence-electron chi connectivity index (χ3n) is 3.12. The fraction of sp³-hybridized carbons (Fsp3) is 0.600. The van der Waals surface area contributed by atoms with Gasteiger partial charge in [-0.3, -0.25) is 0 Å². The van der Waals surface area contributed by atoms with Crippen LogP contribution in [0.15, 0.2) is 18.2 Å². The molecule has 1 unspecified atom stereocenters. The van der Waals surface area contributed by atoms with E-state index in [0.717, 1.165) is 17.9 Å². The number of phenolic OH excluding ortho intramolecular Hbond substituents is 1. The van der Waals surface area contributed by atoms with E-state index < -0.39 is 0 Å². The molecule has 0 radical (unpaired) electrons. The highest BCUT2D eigenvalue weighted by Crippen LogP contribution is 2.29. The fourth-order valence-corrected chi connectivity index (χ4v) is 1.84. The molecule has 0 aliphatic heterocycles. The molecule has 2 N–H and O–H groups in total. The van der Waals surface area contributed by atoms with Crippen molar-refractivity contribution in [3.63, 3.8) is 0 Å². The second kappa shape index (κ2) is 7.27. The topological polar surface area (TPSA) is 41.5 Å². The largest absolute Gasteiger partial charge is 0.504 e. The van der Waals surface area contributed by atoms with Gasteiger partial charge >= 0.3 is 0 Å². The molecule has 0 amide bonds. The highest BCUT2D eigenvalue weighted by molar-refractivity contribution is 5.45. The van der Waals surface area contributed by atoms with Gasteiger partial charge in [0.05, 0.1) is 7.11 Å². The lowest BCUT2D eigenvalue weighted by Crippen LogP contribution is -2.25. The van der Waals surface area contributed by atoms with Crippen LogP contribution in [0.25, 0.3) is 0 Å². The van der Waals surface area contributed by atoms with E-state index in [1.54, 1.807) is 13.2 Å². The van der Waals surface area contributed by atoms with Gasteiger partial charge < -0.3 is 15.2 Å². The molecule has 1 aromatic rings. The first kappa shape index (κ1) is 14.8. The molecule has 18 heavy (non-hydrogen) atoms. The summed E-state index contributed by atoms with van der Waals surface area (Å²) in [4.78, 5) is 0. The number of benzene rings is 1. The standard InChI is InChI=1S/C15H25NO2/c1-11(2)8-9-12(3)16-10-13-6-5-7-14(18-4)15(13)17/h5-7,11-12,16-17H,8-10H2,1-4H3. The minimum Gasteiger partial charge on any atom is -0.504 e. The molecule has 0 aliphatic carbocycles. The quantitative estimate of drug-likeness (QED) is 0.781. The van der Waals surface area contributed by atoms with Gasteiger partial charge in [-0.1, -0.05) is 26.0 Å². The van der Waals surface area contributed by atoms with Crippen LogP contribution in [-0.4, -0.2) is 18.3 Å². The lowest BCUT2D eigenvalue weighted by atomic mass is 10.0. The lowest BCUT2D eigenvalue weighted by Gasteiger charge is -2.16. The maximum absolute atomic E-state index is 9.95. The molecule has 102 valence electrons. The van der Waals surface area contributed by atoms with Gasteiger partial charge in [0.1, 0.15) is 0 Å². The Labute approximate surface area is 110 Å². The Morgan fingerprint density at radius 1 is 1.22 bits per heavy atom. The molecule has 1 atom stereocenters. The van der Waals surface area contributed by atoms with Gasteiger partial charge in [-0.25, -0.2) is 0 Å². The molecule has 3 heteroatoms. The van der Waals surface area contributed by atoms with Crippen molar-refractivity contribution in [2.45, 2.75) is 46.2 Å². The van der Waals surface area contributed by atoms with E-state index in [1.165, 1.54) is 6.42 Å². The number of ether oxygens (including phenoxy) is 1. The summed E-state index contributed by atoms with van der Waals surface area (Å²) in [6.45, 7) is 7.32. The van der Waals surface area contributed by atoms with Gasteiger partial charge in [0.15, 0.2) is 11.5 Å². The Bertz CT molecular complexity index is 364. The van der Waals surface area contributed by atoms with Gasteiger partial charge in [0.2, 0.25) is 0 Å². The molecule has 1 rings (SSSR count). The molecule has 0 fully saturated rings. The molecule has 0 aliphatic rings. The zero-order valence-corrected chi connectivity index (χ0v) is 11.9. The van der Waals surface area contributed by atoms with Gasteiger partial charge in [-0.2, -0.15) is 0 Å². The van der Waals surface area contributed by atoms with Crippen LogP contribution in [0, 0.1) is 5.92 Å². The van der Waals surface area contributed by atoms with Crippen molar-refractivity contribution in [1.29, 1.82) is 0 Å². The number of aromatic hydroxyl groups is 1. The van der Waals surface area contributed by atoms with Gasteiger partial charge in [0, 0.05) is 18.2 Å². The van der Waals surface area contributed by atoms with Gasteiger partial charge in [-0.05, 0) is 31.7 Å². The summed E-state index contributed by atoms with van der Waals surface area (Å²) in [6.07, 6.45) is 2.38. The molecule has 3 nitrogen and oxygen atoms in total. The average molecular weight is 251 g/mol. The zero-order valence-electron chi connectivity index (χ0n) is 11.9. The summed E-state index contributed by atoms with van der Waals surface area (Å²) in [5.41, 5.74) is 0.880. The smallest absolute Gasteiger partial charge is 0.162 e. The Kier molecular flexibility index (Phi) is 5.99. The number of hydrogen-bond acceptors (Lipinski definition) is 3. The zero-order chi connectivity index (χ0) is 13.5. The lowest BCUT2D eigenvalue weighted by molar-refractivity contribution is 0.368. The van der Waals surface area contributed by atoms with Gasteiger partial charge in [-0.15, -0.1) is 0 Å². The molecule has 0 aromatic heterocycles. The molecule has 0 bridgehead atoms. The van der Waals surface area contributed by atoms with E-state index in [-0.39, 0.29) is 5.75 Å². The third-order valence-corrected chi connectivity index (χ3v) is 3.12. The number of rotatable bonds is 7. The number of phenols is 1. The molecule has 1 aromatic carbocycles. The van der Waals surface area contributed by atoms with E-state index in [4.69, 9.17) is 4.74 Å². The average Bonchev–Trinajstić information content (AvgIpc) is 2.35. The summed E-state index contributed by atoms with van der Waals surface area (Å²) < 4.78 is 5.09. The highest BCUT2D eigenvalue weighted by Gasteiger charge is 2.08. The highest BCUT2D eigenvalue weighted by atomic mass is 16.5. The first-order valence-electron chi connectivity index (χ1n) is 6.62. The minimum atomic E-state index is 0.239. The van der Waals surface area contributed by atoms with Crippen molar-refractivity contribution in [3.05, 3.63) is 23.8 Å². The predicted octanol–water partition coefficient (Wildman–Crippen LogP) is 3.32. The Morgan fingerprint density at radius 2 is 1.94 bits per heavy atom. The monoisotopic (exact) mass is 251 g/mol. The van der Waals surface area contributed by atoms with Crippen LogP contribution in [0.4, 0.5) is 0 Å².